The number of rotatable bonds is 49. The van der Waals surface area contributed by atoms with Crippen molar-refractivity contribution < 1.29 is 52.2 Å². The van der Waals surface area contributed by atoms with Crippen molar-refractivity contribution in [3.8, 4) is 0 Å². The number of carbonyl (C=O) groups excluding carboxylic acids is 3. The predicted octanol–water partition coefficient (Wildman–Crippen LogP) is 16.4. The SMILES string of the molecule is CC/C=C\C/C=C\C/C=C\C/C=C\C/C=C\CC(=O)OCC(COP(=O)(O)OCC(CO)OC(=O)CC/C=C\C/C=C\C/C=C\C/C=C\CC)OC(=O)CCCCCCCC/C=C\C/C=C\C/C=C\CCCCC. The van der Waals surface area contributed by atoms with Gasteiger partial charge in [0.2, 0.25) is 0 Å². The van der Waals surface area contributed by atoms with Crippen LogP contribution in [0.5, 0.6) is 0 Å². The first-order chi connectivity index (χ1) is 36.2. The molecule has 0 aromatic carbocycles. The van der Waals surface area contributed by atoms with Gasteiger partial charge in [-0.2, -0.15) is 0 Å². The molecule has 0 fully saturated rings. The van der Waals surface area contributed by atoms with Crippen molar-refractivity contribution >= 4 is 25.7 Å². The minimum absolute atomic E-state index is 0.0215. The van der Waals surface area contributed by atoms with Crippen LogP contribution in [0.25, 0.3) is 0 Å². The Morgan fingerprint density at radius 1 is 0.405 bits per heavy atom. The Morgan fingerprint density at radius 3 is 1.23 bits per heavy atom. The highest BCUT2D eigenvalue weighted by molar-refractivity contribution is 7.47. The molecule has 0 heterocycles. The molecule has 0 saturated carbocycles. The zero-order valence-electron chi connectivity index (χ0n) is 45.7. The van der Waals surface area contributed by atoms with Crippen molar-refractivity contribution in [1.29, 1.82) is 0 Å². The standard InChI is InChI=1S/C62H97O11P/c1-4-7-10-13-16-19-22-25-27-28-29-30-32-35-38-41-44-47-50-53-62(66)73-59(55-69-60(64)51-48-45-42-39-36-34-31-26-23-20-17-14-11-8-5-2)57-71-74(67,68)70-56-58(54-63)72-61(65)52-49-46-43-40-37-33-24-21-18-15-12-9-6-3/h8-9,11-12,16-21,25-27,29-31,33,36-37,39,43,45-46,48,58-59,63H,4-7,10,13-15,22-24,28,32,34-35,38,40-42,44,47,49-57H2,1-3H3,(H,67,68)/b11-8-,12-9-,19-16-,20-17-,21-18-,27-25-,30-29-,31-26-,37-33-,39-36-,46-43-,48-45-. The average molecular weight is 1050 g/mol. The van der Waals surface area contributed by atoms with Crippen molar-refractivity contribution in [1.82, 2.24) is 0 Å². The average Bonchev–Trinajstić information content (AvgIpc) is 3.39. The summed E-state index contributed by atoms with van der Waals surface area (Å²) in [4.78, 5) is 48.4. The van der Waals surface area contributed by atoms with Crippen molar-refractivity contribution in [3.63, 3.8) is 0 Å². The van der Waals surface area contributed by atoms with Gasteiger partial charge in [-0.3, -0.25) is 23.4 Å². The van der Waals surface area contributed by atoms with Crippen LogP contribution >= 0.6 is 7.82 Å². The minimum atomic E-state index is -4.80. The Kier molecular flexibility index (Phi) is 51.2. The van der Waals surface area contributed by atoms with Gasteiger partial charge in [-0.1, -0.05) is 205 Å². The molecule has 0 saturated heterocycles. The number of aliphatic hydroxyl groups excluding tert-OH is 1. The summed E-state index contributed by atoms with van der Waals surface area (Å²) in [7, 11) is -4.80. The number of ether oxygens (including phenoxy) is 3. The maximum absolute atomic E-state index is 12.9. The first-order valence-electron chi connectivity index (χ1n) is 27.7. The maximum Gasteiger partial charge on any atom is 0.472 e. The number of phosphoric acid groups is 1. The topological polar surface area (TPSA) is 155 Å². The van der Waals surface area contributed by atoms with Gasteiger partial charge in [-0.25, -0.2) is 4.57 Å². The smallest absolute Gasteiger partial charge is 0.461 e. The summed E-state index contributed by atoms with van der Waals surface area (Å²) in [5.41, 5.74) is 0. The summed E-state index contributed by atoms with van der Waals surface area (Å²) in [6.07, 6.45) is 70.0. The molecule has 2 N–H and O–H groups in total. The maximum atomic E-state index is 12.9. The summed E-state index contributed by atoms with van der Waals surface area (Å²) < 4.78 is 39.2. The Morgan fingerprint density at radius 2 is 0.770 bits per heavy atom. The van der Waals surface area contributed by atoms with Gasteiger partial charge in [0.1, 0.15) is 12.7 Å². The minimum Gasteiger partial charge on any atom is -0.461 e. The van der Waals surface area contributed by atoms with E-state index in [-0.39, 0.29) is 19.3 Å². The molecule has 3 unspecified atom stereocenters. The van der Waals surface area contributed by atoms with Gasteiger partial charge < -0.3 is 24.2 Å². The van der Waals surface area contributed by atoms with Gasteiger partial charge in [0.25, 0.3) is 0 Å². The van der Waals surface area contributed by atoms with E-state index in [4.69, 9.17) is 23.3 Å². The lowest BCUT2D eigenvalue weighted by Gasteiger charge is -2.21. The van der Waals surface area contributed by atoms with E-state index in [1.165, 1.54) is 25.7 Å². The fourth-order valence-electron chi connectivity index (χ4n) is 6.62. The molecule has 0 bridgehead atoms. The molecule has 0 spiro atoms. The molecule has 0 rings (SSSR count). The Hall–Kier alpha value is -4.64. The summed E-state index contributed by atoms with van der Waals surface area (Å²) in [6, 6.07) is 0. The number of allylic oxidation sites excluding steroid dienone is 23. The largest absolute Gasteiger partial charge is 0.472 e. The second-order valence-corrected chi connectivity index (χ2v) is 19.1. The van der Waals surface area contributed by atoms with Gasteiger partial charge in [-0.05, 0) is 109 Å². The quantitative estimate of drug-likeness (QED) is 0.0197. The molecule has 0 aliphatic rings. The van der Waals surface area contributed by atoms with Crippen LogP contribution in [0.3, 0.4) is 0 Å². The van der Waals surface area contributed by atoms with E-state index >= 15 is 0 Å². The van der Waals surface area contributed by atoms with E-state index in [1.54, 1.807) is 6.08 Å². The molecule has 0 aromatic rings. The summed E-state index contributed by atoms with van der Waals surface area (Å²) in [6.45, 7) is 4.14. The van der Waals surface area contributed by atoms with E-state index in [2.05, 4.69) is 130 Å². The lowest BCUT2D eigenvalue weighted by molar-refractivity contribution is -0.161. The number of hydrogen-bond donors (Lipinski definition) is 2. The highest BCUT2D eigenvalue weighted by Crippen LogP contribution is 2.43. The van der Waals surface area contributed by atoms with E-state index in [9.17, 15) is 28.9 Å². The third-order valence-electron chi connectivity index (χ3n) is 10.8. The van der Waals surface area contributed by atoms with Gasteiger partial charge in [0, 0.05) is 12.8 Å². The fraction of sp³-hybridized carbons (Fsp3) is 0.565. The van der Waals surface area contributed by atoms with Crippen molar-refractivity contribution in [2.45, 2.75) is 200 Å². The van der Waals surface area contributed by atoms with Crippen LogP contribution in [-0.2, 0) is 42.2 Å². The Labute approximate surface area is 448 Å². The lowest BCUT2D eigenvalue weighted by Crippen LogP contribution is -2.30. The van der Waals surface area contributed by atoms with E-state index in [1.807, 2.05) is 30.4 Å². The molecule has 0 radical (unpaired) electrons. The fourth-order valence-corrected chi connectivity index (χ4v) is 7.41. The molecular formula is C62H97O11P. The molecule has 416 valence electrons. The van der Waals surface area contributed by atoms with Crippen molar-refractivity contribution in [2.24, 2.45) is 0 Å². The number of carbonyl (C=O) groups is 3. The molecule has 11 nitrogen and oxygen atoms in total. The number of esters is 3. The number of unbranched alkanes of at least 4 members (excludes halogenated alkanes) is 9. The predicted molar refractivity (Wildman–Crippen MR) is 306 cm³/mol. The summed E-state index contributed by atoms with van der Waals surface area (Å²) in [5.74, 6) is -1.74. The van der Waals surface area contributed by atoms with Gasteiger partial charge in [0.15, 0.2) is 6.10 Å². The Balaban J connectivity index is 4.94. The molecule has 0 aliphatic heterocycles. The third kappa shape index (κ3) is 52.2. The van der Waals surface area contributed by atoms with E-state index < -0.39 is 64.4 Å². The zero-order chi connectivity index (χ0) is 54.1. The van der Waals surface area contributed by atoms with Crippen LogP contribution in [0, 0.1) is 0 Å². The highest BCUT2D eigenvalue weighted by atomic mass is 31.2. The second kappa shape index (κ2) is 54.6. The third-order valence-corrected chi connectivity index (χ3v) is 11.7. The molecule has 0 aliphatic carbocycles. The first kappa shape index (κ1) is 69.4. The van der Waals surface area contributed by atoms with Crippen molar-refractivity contribution in [2.75, 3.05) is 26.4 Å². The second-order valence-electron chi connectivity index (χ2n) is 17.6. The molecule has 0 aromatic heterocycles. The zero-order valence-corrected chi connectivity index (χ0v) is 46.6. The van der Waals surface area contributed by atoms with Gasteiger partial charge >= 0.3 is 25.7 Å². The highest BCUT2D eigenvalue weighted by Gasteiger charge is 2.28. The van der Waals surface area contributed by atoms with E-state index in [0.29, 0.717) is 19.3 Å². The molecule has 74 heavy (non-hydrogen) atoms. The summed E-state index contributed by atoms with van der Waals surface area (Å²) >= 11 is 0. The number of hydrogen-bond acceptors (Lipinski definition) is 10. The van der Waals surface area contributed by atoms with Crippen molar-refractivity contribution in [3.05, 3.63) is 146 Å². The van der Waals surface area contributed by atoms with Crippen LogP contribution in [0.2, 0.25) is 0 Å². The molecule has 3 atom stereocenters. The van der Waals surface area contributed by atoms with Crippen LogP contribution < -0.4 is 0 Å². The number of aliphatic hydroxyl groups is 1. The number of phosphoric ester groups is 1. The van der Waals surface area contributed by atoms with Crippen LogP contribution in [0.15, 0.2) is 146 Å². The molecular weight excluding hydrogens is 952 g/mol. The van der Waals surface area contributed by atoms with E-state index in [0.717, 1.165) is 103 Å². The van der Waals surface area contributed by atoms with Crippen LogP contribution in [-0.4, -0.2) is 66.5 Å². The van der Waals surface area contributed by atoms with Crippen LogP contribution in [0.1, 0.15) is 188 Å². The molecule has 12 heteroatoms. The molecule has 0 amide bonds. The monoisotopic (exact) mass is 1050 g/mol. The normalized spacial score (nSPS) is 14.5. The van der Waals surface area contributed by atoms with Gasteiger partial charge in [-0.15, -0.1) is 0 Å². The summed E-state index contributed by atoms with van der Waals surface area (Å²) in [5, 5.41) is 9.78. The van der Waals surface area contributed by atoms with Gasteiger partial charge in [0.05, 0.1) is 26.2 Å². The Bertz CT molecular complexity index is 1800. The first-order valence-corrected chi connectivity index (χ1v) is 29.2. The lowest BCUT2D eigenvalue weighted by atomic mass is 10.1. The van der Waals surface area contributed by atoms with Crippen LogP contribution in [0.4, 0.5) is 0 Å².